The van der Waals surface area contributed by atoms with Gasteiger partial charge in [0, 0.05) is 31.3 Å². The average molecular weight is 319 g/mol. The third kappa shape index (κ3) is 3.93. The molecule has 0 radical (unpaired) electrons. The molecule has 6 nitrogen and oxygen atoms in total. The Hall–Kier alpha value is -1.82. The van der Waals surface area contributed by atoms with Crippen molar-refractivity contribution in [2.75, 3.05) is 19.6 Å². The van der Waals surface area contributed by atoms with Crippen LogP contribution in [0.1, 0.15) is 38.3 Å². The molecule has 1 fully saturated rings. The Morgan fingerprint density at radius 2 is 2.22 bits per heavy atom. The number of carbonyl (C=O) groups excluding carboxylic acids is 1. The molecular weight excluding hydrogens is 294 g/mol. The highest BCUT2D eigenvalue weighted by Gasteiger charge is 2.31. The van der Waals surface area contributed by atoms with Gasteiger partial charge in [0.25, 0.3) is 0 Å². The van der Waals surface area contributed by atoms with Crippen molar-refractivity contribution in [3.63, 3.8) is 0 Å². The minimum Gasteiger partial charge on any atom is -0.487 e. The van der Waals surface area contributed by atoms with E-state index in [1.165, 1.54) is 11.1 Å². The number of nitrogens with zero attached hydrogens (tertiary/aromatic N) is 2. The molecule has 1 saturated heterocycles. The summed E-state index contributed by atoms with van der Waals surface area (Å²) in [4.78, 5) is 18.1. The van der Waals surface area contributed by atoms with Crippen LogP contribution < -0.4 is 10.1 Å². The maximum absolute atomic E-state index is 12.1. The van der Waals surface area contributed by atoms with Gasteiger partial charge in [-0.15, -0.1) is 0 Å². The SMILES string of the molecule is CC(C)(C)OC(=O)N1CCC(Oc2cncc3c2CCNC3)C1. The number of pyridine rings is 1. The van der Waals surface area contributed by atoms with E-state index in [1.54, 1.807) is 11.1 Å². The lowest BCUT2D eigenvalue weighted by atomic mass is 10.0. The van der Waals surface area contributed by atoms with E-state index >= 15 is 0 Å². The van der Waals surface area contributed by atoms with Crippen molar-refractivity contribution in [1.82, 2.24) is 15.2 Å². The van der Waals surface area contributed by atoms with Crippen molar-refractivity contribution in [2.45, 2.75) is 51.9 Å². The summed E-state index contributed by atoms with van der Waals surface area (Å²) in [5.74, 6) is 0.861. The molecule has 23 heavy (non-hydrogen) atoms. The summed E-state index contributed by atoms with van der Waals surface area (Å²) in [6.07, 6.45) is 5.21. The Morgan fingerprint density at radius 3 is 3.00 bits per heavy atom. The maximum atomic E-state index is 12.1. The zero-order valence-electron chi connectivity index (χ0n) is 14.1. The number of likely N-dealkylation sites (tertiary alicyclic amines) is 1. The molecule has 2 aliphatic rings. The van der Waals surface area contributed by atoms with Crippen LogP contribution in [0.4, 0.5) is 4.79 Å². The van der Waals surface area contributed by atoms with Crippen LogP contribution in [-0.2, 0) is 17.7 Å². The molecule has 6 heteroatoms. The zero-order chi connectivity index (χ0) is 16.4. The summed E-state index contributed by atoms with van der Waals surface area (Å²) < 4.78 is 11.6. The van der Waals surface area contributed by atoms with Crippen molar-refractivity contribution in [3.05, 3.63) is 23.5 Å². The van der Waals surface area contributed by atoms with Gasteiger partial charge in [-0.25, -0.2) is 4.79 Å². The summed E-state index contributed by atoms with van der Waals surface area (Å²) in [7, 11) is 0. The van der Waals surface area contributed by atoms with E-state index in [2.05, 4.69) is 10.3 Å². The van der Waals surface area contributed by atoms with E-state index in [9.17, 15) is 4.79 Å². The standard InChI is InChI=1S/C17H25N3O3/c1-17(2,3)23-16(21)20-7-5-13(11-20)22-15-10-19-9-12-8-18-6-4-14(12)15/h9-10,13,18H,4-8,11H2,1-3H3. The lowest BCUT2D eigenvalue weighted by Crippen LogP contribution is -2.36. The Kier molecular flexibility index (Phi) is 4.43. The van der Waals surface area contributed by atoms with Crippen LogP contribution in [0.25, 0.3) is 0 Å². The van der Waals surface area contributed by atoms with Gasteiger partial charge in [-0.1, -0.05) is 0 Å². The summed E-state index contributed by atoms with van der Waals surface area (Å²) in [5, 5.41) is 3.34. The molecule has 1 unspecified atom stereocenters. The topological polar surface area (TPSA) is 63.7 Å². The highest BCUT2D eigenvalue weighted by Crippen LogP contribution is 2.27. The number of hydrogen-bond acceptors (Lipinski definition) is 5. The van der Waals surface area contributed by atoms with E-state index in [-0.39, 0.29) is 12.2 Å². The molecule has 126 valence electrons. The second kappa shape index (κ2) is 6.35. The maximum Gasteiger partial charge on any atom is 0.410 e. The molecule has 0 spiro atoms. The number of rotatable bonds is 2. The van der Waals surface area contributed by atoms with Crippen molar-refractivity contribution >= 4 is 6.09 Å². The Balaban J connectivity index is 1.61. The largest absolute Gasteiger partial charge is 0.487 e. The lowest BCUT2D eigenvalue weighted by Gasteiger charge is -2.25. The van der Waals surface area contributed by atoms with E-state index in [4.69, 9.17) is 9.47 Å². The van der Waals surface area contributed by atoms with Gasteiger partial charge in [0.1, 0.15) is 17.5 Å². The molecule has 1 aromatic rings. The fourth-order valence-electron chi connectivity index (χ4n) is 2.98. The van der Waals surface area contributed by atoms with Gasteiger partial charge in [0.15, 0.2) is 0 Å². The first-order valence-electron chi connectivity index (χ1n) is 8.23. The van der Waals surface area contributed by atoms with Crippen molar-refractivity contribution in [1.29, 1.82) is 0 Å². The minimum absolute atomic E-state index is 0.00528. The number of carbonyl (C=O) groups is 1. The Labute approximate surface area is 137 Å². The van der Waals surface area contributed by atoms with Gasteiger partial charge in [-0.2, -0.15) is 0 Å². The summed E-state index contributed by atoms with van der Waals surface area (Å²) in [5.41, 5.74) is 1.98. The fourth-order valence-corrected chi connectivity index (χ4v) is 2.98. The molecule has 2 aliphatic heterocycles. The summed E-state index contributed by atoms with van der Waals surface area (Å²) >= 11 is 0. The van der Waals surface area contributed by atoms with Crippen molar-refractivity contribution in [2.24, 2.45) is 0 Å². The third-order valence-electron chi connectivity index (χ3n) is 4.06. The van der Waals surface area contributed by atoms with Crippen molar-refractivity contribution < 1.29 is 14.3 Å². The molecule has 3 heterocycles. The van der Waals surface area contributed by atoms with E-state index in [1.807, 2.05) is 27.0 Å². The van der Waals surface area contributed by atoms with E-state index < -0.39 is 5.60 Å². The first kappa shape index (κ1) is 16.1. The molecule has 0 aromatic carbocycles. The second-order valence-corrected chi connectivity index (χ2v) is 7.16. The monoisotopic (exact) mass is 319 g/mol. The van der Waals surface area contributed by atoms with Crippen LogP contribution in [-0.4, -0.2) is 47.3 Å². The number of aromatic nitrogens is 1. The van der Waals surface area contributed by atoms with E-state index in [0.717, 1.165) is 31.7 Å². The number of nitrogens with one attached hydrogen (secondary N) is 1. The van der Waals surface area contributed by atoms with Gasteiger partial charge in [-0.05, 0) is 39.3 Å². The average Bonchev–Trinajstić information content (AvgIpc) is 2.95. The fraction of sp³-hybridized carbons (Fsp3) is 0.647. The molecule has 1 N–H and O–H groups in total. The van der Waals surface area contributed by atoms with Crippen LogP contribution in [0.2, 0.25) is 0 Å². The number of fused-ring (bicyclic) bond motifs is 1. The molecule has 1 aromatic heterocycles. The van der Waals surface area contributed by atoms with Crippen LogP contribution in [0.5, 0.6) is 5.75 Å². The molecule has 0 saturated carbocycles. The van der Waals surface area contributed by atoms with Crippen LogP contribution in [0, 0.1) is 0 Å². The molecule has 1 amide bonds. The van der Waals surface area contributed by atoms with Crippen LogP contribution in [0.15, 0.2) is 12.4 Å². The number of amides is 1. The number of ether oxygens (including phenoxy) is 2. The summed E-state index contributed by atoms with van der Waals surface area (Å²) in [6, 6.07) is 0. The first-order chi connectivity index (χ1) is 10.9. The normalized spacial score (nSPS) is 21.0. The molecule has 1 atom stereocenters. The van der Waals surface area contributed by atoms with Gasteiger partial charge in [0.2, 0.25) is 0 Å². The van der Waals surface area contributed by atoms with Crippen LogP contribution >= 0.6 is 0 Å². The second-order valence-electron chi connectivity index (χ2n) is 7.16. The molecule has 0 bridgehead atoms. The molecular formula is C17H25N3O3. The predicted molar refractivity (Wildman–Crippen MR) is 86.5 cm³/mol. The quantitative estimate of drug-likeness (QED) is 0.904. The first-order valence-corrected chi connectivity index (χ1v) is 8.23. The summed E-state index contributed by atoms with van der Waals surface area (Å²) in [6.45, 7) is 8.68. The van der Waals surface area contributed by atoms with Gasteiger partial charge < -0.3 is 19.7 Å². The lowest BCUT2D eigenvalue weighted by molar-refractivity contribution is 0.0275. The highest BCUT2D eigenvalue weighted by molar-refractivity contribution is 5.68. The Bertz CT molecular complexity index is 583. The van der Waals surface area contributed by atoms with Gasteiger partial charge in [0.05, 0.1) is 12.7 Å². The molecule has 3 rings (SSSR count). The molecule has 0 aliphatic carbocycles. The van der Waals surface area contributed by atoms with Gasteiger partial charge in [-0.3, -0.25) is 4.98 Å². The third-order valence-corrected chi connectivity index (χ3v) is 4.06. The highest BCUT2D eigenvalue weighted by atomic mass is 16.6. The van der Waals surface area contributed by atoms with E-state index in [0.29, 0.717) is 13.1 Å². The predicted octanol–water partition coefficient (Wildman–Crippen LogP) is 2.12. The number of hydrogen-bond donors (Lipinski definition) is 1. The van der Waals surface area contributed by atoms with Crippen LogP contribution in [0.3, 0.4) is 0 Å². The van der Waals surface area contributed by atoms with Gasteiger partial charge >= 0.3 is 6.09 Å². The minimum atomic E-state index is -0.467. The Morgan fingerprint density at radius 1 is 1.39 bits per heavy atom. The zero-order valence-corrected chi connectivity index (χ0v) is 14.1. The smallest absolute Gasteiger partial charge is 0.410 e. The van der Waals surface area contributed by atoms with Crippen molar-refractivity contribution in [3.8, 4) is 5.75 Å².